The Morgan fingerprint density at radius 2 is 2.20 bits per heavy atom. The summed E-state index contributed by atoms with van der Waals surface area (Å²) in [6.07, 6.45) is 0.478. The number of ketones is 1. The molecule has 0 aromatic heterocycles. The van der Waals surface area contributed by atoms with Gasteiger partial charge in [-0.1, -0.05) is 6.92 Å². The van der Waals surface area contributed by atoms with E-state index in [1.54, 1.807) is 0 Å². The Morgan fingerprint density at radius 3 is 2.70 bits per heavy atom. The van der Waals surface area contributed by atoms with Gasteiger partial charge in [-0.3, -0.25) is 10.1 Å². The van der Waals surface area contributed by atoms with Crippen molar-refractivity contribution in [1.29, 1.82) is 0 Å². The maximum absolute atomic E-state index is 11.1. The SMILES string of the molecule is CC1CC(C)C(=O)C(N)N1. The summed E-state index contributed by atoms with van der Waals surface area (Å²) in [5.74, 6) is 0.268. The maximum Gasteiger partial charge on any atom is 0.166 e. The molecule has 1 rings (SSSR count). The van der Waals surface area contributed by atoms with Crippen LogP contribution in [0.1, 0.15) is 20.3 Å². The Morgan fingerprint density at radius 1 is 1.60 bits per heavy atom. The molecule has 0 amide bonds. The van der Waals surface area contributed by atoms with Crippen LogP contribution >= 0.6 is 0 Å². The van der Waals surface area contributed by atoms with Gasteiger partial charge in [0.1, 0.15) is 6.17 Å². The fourth-order valence-corrected chi connectivity index (χ4v) is 1.41. The summed E-state index contributed by atoms with van der Waals surface area (Å²) >= 11 is 0. The van der Waals surface area contributed by atoms with E-state index in [0.717, 1.165) is 6.42 Å². The molecule has 0 aromatic rings. The second-order valence-electron chi connectivity index (χ2n) is 3.08. The zero-order valence-corrected chi connectivity index (χ0v) is 6.42. The lowest BCUT2D eigenvalue weighted by Crippen LogP contribution is -2.55. The van der Waals surface area contributed by atoms with Crippen LogP contribution in [0.5, 0.6) is 0 Å². The van der Waals surface area contributed by atoms with Crippen LogP contribution in [0, 0.1) is 5.92 Å². The minimum Gasteiger partial charge on any atom is -0.310 e. The monoisotopic (exact) mass is 142 g/mol. The first kappa shape index (κ1) is 7.69. The summed E-state index contributed by atoms with van der Waals surface area (Å²) in [4.78, 5) is 11.1. The predicted octanol–water partition coefficient (Wildman–Crippen LogP) is -0.142. The van der Waals surface area contributed by atoms with Crippen molar-refractivity contribution < 1.29 is 4.79 Å². The number of hydrogen-bond donors (Lipinski definition) is 2. The topological polar surface area (TPSA) is 55.1 Å². The first-order chi connectivity index (χ1) is 4.61. The van der Waals surface area contributed by atoms with Crippen molar-refractivity contribution >= 4 is 5.78 Å². The molecule has 0 aliphatic carbocycles. The summed E-state index contributed by atoms with van der Waals surface area (Å²) in [6, 6.07) is 0.377. The van der Waals surface area contributed by atoms with Gasteiger partial charge in [0.15, 0.2) is 5.78 Å². The Kier molecular flexibility index (Phi) is 2.06. The number of carbonyl (C=O) groups excluding carboxylic acids is 1. The molecular formula is C7H14N2O. The summed E-state index contributed by atoms with van der Waals surface area (Å²) in [6.45, 7) is 3.97. The van der Waals surface area contributed by atoms with E-state index >= 15 is 0 Å². The van der Waals surface area contributed by atoms with Crippen molar-refractivity contribution in [2.45, 2.75) is 32.5 Å². The quantitative estimate of drug-likeness (QED) is 0.495. The van der Waals surface area contributed by atoms with Crippen LogP contribution in [0.15, 0.2) is 0 Å². The minimum atomic E-state index is -0.432. The maximum atomic E-state index is 11.1. The fourth-order valence-electron chi connectivity index (χ4n) is 1.41. The van der Waals surface area contributed by atoms with Crippen molar-refractivity contribution in [1.82, 2.24) is 5.32 Å². The van der Waals surface area contributed by atoms with Crippen LogP contribution in [0.3, 0.4) is 0 Å². The molecule has 10 heavy (non-hydrogen) atoms. The van der Waals surface area contributed by atoms with E-state index in [1.165, 1.54) is 0 Å². The average molecular weight is 142 g/mol. The Labute approximate surface area is 61.0 Å². The summed E-state index contributed by atoms with van der Waals surface area (Å²) in [5.41, 5.74) is 5.50. The molecule has 1 aliphatic heterocycles. The molecule has 1 fully saturated rings. The van der Waals surface area contributed by atoms with Gasteiger partial charge in [0.2, 0.25) is 0 Å². The van der Waals surface area contributed by atoms with Crippen molar-refractivity contribution in [3.05, 3.63) is 0 Å². The molecule has 0 aromatic carbocycles. The highest BCUT2D eigenvalue weighted by atomic mass is 16.1. The van der Waals surface area contributed by atoms with E-state index in [1.807, 2.05) is 13.8 Å². The van der Waals surface area contributed by atoms with Gasteiger partial charge in [-0.2, -0.15) is 0 Å². The van der Waals surface area contributed by atoms with Gasteiger partial charge in [-0.15, -0.1) is 0 Å². The highest BCUT2D eigenvalue weighted by molar-refractivity contribution is 5.86. The number of carbonyl (C=O) groups is 1. The number of hydrogen-bond acceptors (Lipinski definition) is 3. The summed E-state index contributed by atoms with van der Waals surface area (Å²) < 4.78 is 0. The first-order valence-corrected chi connectivity index (χ1v) is 3.66. The average Bonchev–Trinajstić information content (AvgIpc) is 1.82. The molecule has 1 heterocycles. The van der Waals surface area contributed by atoms with Gasteiger partial charge in [-0.25, -0.2) is 0 Å². The lowest BCUT2D eigenvalue weighted by molar-refractivity contribution is -0.126. The van der Waals surface area contributed by atoms with Crippen LogP contribution in [0.2, 0.25) is 0 Å². The molecule has 0 spiro atoms. The van der Waals surface area contributed by atoms with Crippen molar-refractivity contribution in [2.24, 2.45) is 11.7 Å². The van der Waals surface area contributed by atoms with Gasteiger partial charge in [-0.05, 0) is 13.3 Å². The number of nitrogens with one attached hydrogen (secondary N) is 1. The van der Waals surface area contributed by atoms with Gasteiger partial charge < -0.3 is 5.73 Å². The predicted molar refractivity (Wildman–Crippen MR) is 39.4 cm³/mol. The molecule has 3 unspecified atom stereocenters. The third-order valence-electron chi connectivity index (χ3n) is 1.96. The highest BCUT2D eigenvalue weighted by Gasteiger charge is 2.28. The molecule has 0 bridgehead atoms. The summed E-state index contributed by atoms with van der Waals surface area (Å²) in [7, 11) is 0. The van der Waals surface area contributed by atoms with Gasteiger partial charge in [0.25, 0.3) is 0 Å². The number of Topliss-reactive ketones (excluding diaryl/α,β-unsaturated/α-hetero) is 1. The van der Waals surface area contributed by atoms with E-state index in [0.29, 0.717) is 6.04 Å². The Hall–Kier alpha value is -0.410. The van der Waals surface area contributed by atoms with Crippen molar-refractivity contribution in [2.75, 3.05) is 0 Å². The van der Waals surface area contributed by atoms with Crippen LogP contribution in [-0.2, 0) is 4.79 Å². The van der Waals surface area contributed by atoms with E-state index in [2.05, 4.69) is 5.32 Å². The van der Waals surface area contributed by atoms with Gasteiger partial charge in [0, 0.05) is 12.0 Å². The van der Waals surface area contributed by atoms with Crippen LogP contribution < -0.4 is 11.1 Å². The van der Waals surface area contributed by atoms with E-state index in [-0.39, 0.29) is 11.7 Å². The molecule has 3 nitrogen and oxygen atoms in total. The lowest BCUT2D eigenvalue weighted by Gasteiger charge is -2.29. The third kappa shape index (κ3) is 1.36. The van der Waals surface area contributed by atoms with Crippen LogP contribution in [0.4, 0.5) is 0 Å². The lowest BCUT2D eigenvalue weighted by atomic mass is 9.92. The Balaban J connectivity index is 2.57. The highest BCUT2D eigenvalue weighted by Crippen LogP contribution is 2.13. The zero-order valence-electron chi connectivity index (χ0n) is 6.42. The van der Waals surface area contributed by atoms with Crippen molar-refractivity contribution in [3.63, 3.8) is 0 Å². The number of rotatable bonds is 0. The molecule has 58 valence electrons. The largest absolute Gasteiger partial charge is 0.310 e. The fraction of sp³-hybridized carbons (Fsp3) is 0.857. The molecule has 3 heteroatoms. The molecule has 0 saturated carbocycles. The van der Waals surface area contributed by atoms with Gasteiger partial charge >= 0.3 is 0 Å². The standard InChI is InChI=1S/C7H14N2O/c1-4-3-5(2)9-7(8)6(4)10/h4-5,7,9H,3,8H2,1-2H3. The number of nitrogens with two attached hydrogens (primary N) is 1. The molecule has 1 aliphatic rings. The molecule has 0 radical (unpaired) electrons. The van der Waals surface area contributed by atoms with E-state index in [4.69, 9.17) is 5.73 Å². The van der Waals surface area contributed by atoms with Crippen molar-refractivity contribution in [3.8, 4) is 0 Å². The second-order valence-corrected chi connectivity index (χ2v) is 3.08. The number of piperidine rings is 1. The van der Waals surface area contributed by atoms with Crippen LogP contribution in [0.25, 0.3) is 0 Å². The minimum absolute atomic E-state index is 0.131. The second kappa shape index (κ2) is 2.68. The van der Waals surface area contributed by atoms with Crippen LogP contribution in [-0.4, -0.2) is 18.0 Å². The first-order valence-electron chi connectivity index (χ1n) is 3.66. The molecular weight excluding hydrogens is 128 g/mol. The molecule has 3 atom stereocenters. The third-order valence-corrected chi connectivity index (χ3v) is 1.96. The Bertz CT molecular complexity index is 133. The zero-order chi connectivity index (χ0) is 7.72. The normalized spacial score (nSPS) is 41.9. The molecule has 1 saturated heterocycles. The van der Waals surface area contributed by atoms with E-state index in [9.17, 15) is 4.79 Å². The van der Waals surface area contributed by atoms with Gasteiger partial charge in [0.05, 0.1) is 0 Å². The van der Waals surface area contributed by atoms with E-state index < -0.39 is 6.17 Å². The molecule has 3 N–H and O–H groups in total. The smallest absolute Gasteiger partial charge is 0.166 e. The summed E-state index contributed by atoms with van der Waals surface area (Å²) in [5, 5.41) is 2.99.